The molecule has 1 fully saturated rings. The molecule has 1 saturated heterocycles. The molecule has 1 atom stereocenters. The van der Waals surface area contributed by atoms with E-state index in [1.165, 1.54) is 30.2 Å². The van der Waals surface area contributed by atoms with E-state index in [1.807, 2.05) is 13.8 Å². The van der Waals surface area contributed by atoms with E-state index in [9.17, 15) is 4.79 Å². The number of hydrogen-bond donors (Lipinski definition) is 1. The Morgan fingerprint density at radius 1 is 1.24 bits per heavy atom. The standard InChI is InChI=1S/C18H25N5OS/c1-4-19-16(24)14(3)25-18-21-20-17(22-11-5-6-12-22)23(18)15-9-7-13(2)8-10-15/h7-10,14H,4-6,11-12H2,1-3H3,(H,19,24). The summed E-state index contributed by atoms with van der Waals surface area (Å²) in [6.45, 7) is 8.54. The first-order valence-corrected chi connectivity index (χ1v) is 9.70. The Hall–Kier alpha value is -2.02. The van der Waals surface area contributed by atoms with Gasteiger partial charge in [0.05, 0.1) is 10.9 Å². The van der Waals surface area contributed by atoms with Gasteiger partial charge >= 0.3 is 0 Å². The maximum Gasteiger partial charge on any atom is 0.233 e. The Kier molecular flexibility index (Phi) is 5.63. The van der Waals surface area contributed by atoms with Crippen LogP contribution >= 0.6 is 11.8 Å². The molecule has 7 heteroatoms. The zero-order valence-electron chi connectivity index (χ0n) is 15.0. The van der Waals surface area contributed by atoms with Crippen molar-refractivity contribution in [1.29, 1.82) is 0 Å². The smallest absolute Gasteiger partial charge is 0.233 e. The molecule has 25 heavy (non-hydrogen) atoms. The van der Waals surface area contributed by atoms with Crippen molar-refractivity contribution in [1.82, 2.24) is 20.1 Å². The zero-order valence-corrected chi connectivity index (χ0v) is 15.8. The van der Waals surface area contributed by atoms with E-state index in [0.29, 0.717) is 6.54 Å². The summed E-state index contributed by atoms with van der Waals surface area (Å²) in [4.78, 5) is 14.4. The molecule has 6 nitrogen and oxygen atoms in total. The van der Waals surface area contributed by atoms with Crippen LogP contribution in [0.1, 0.15) is 32.3 Å². The fraction of sp³-hybridized carbons (Fsp3) is 0.500. The molecule has 1 aliphatic heterocycles. The van der Waals surface area contributed by atoms with Gasteiger partial charge in [-0.15, -0.1) is 10.2 Å². The van der Waals surface area contributed by atoms with Crippen molar-refractivity contribution >= 4 is 23.6 Å². The van der Waals surface area contributed by atoms with Gasteiger partial charge in [-0.2, -0.15) is 0 Å². The Labute approximate surface area is 153 Å². The van der Waals surface area contributed by atoms with Crippen LogP contribution in [0, 0.1) is 6.92 Å². The van der Waals surface area contributed by atoms with E-state index >= 15 is 0 Å². The van der Waals surface area contributed by atoms with Crippen LogP contribution in [-0.2, 0) is 4.79 Å². The summed E-state index contributed by atoms with van der Waals surface area (Å²) in [6, 6.07) is 8.34. The number of carbonyl (C=O) groups is 1. The van der Waals surface area contributed by atoms with E-state index in [2.05, 4.69) is 56.2 Å². The second-order valence-electron chi connectivity index (χ2n) is 6.30. The minimum absolute atomic E-state index is 0.0219. The van der Waals surface area contributed by atoms with Gasteiger partial charge in [-0.1, -0.05) is 29.5 Å². The fourth-order valence-corrected chi connectivity index (χ4v) is 3.80. The number of anilines is 1. The average Bonchev–Trinajstić information content (AvgIpc) is 3.25. The molecular formula is C18H25N5OS. The van der Waals surface area contributed by atoms with Crippen molar-refractivity contribution in [2.75, 3.05) is 24.5 Å². The Morgan fingerprint density at radius 3 is 2.56 bits per heavy atom. The largest absolute Gasteiger partial charge is 0.355 e. The van der Waals surface area contributed by atoms with Crippen LogP contribution in [0.5, 0.6) is 0 Å². The van der Waals surface area contributed by atoms with Crippen molar-refractivity contribution in [2.45, 2.75) is 44.0 Å². The molecule has 0 saturated carbocycles. The number of aryl methyl sites for hydroxylation is 1. The Morgan fingerprint density at radius 2 is 1.92 bits per heavy atom. The summed E-state index contributed by atoms with van der Waals surface area (Å²) in [5, 5.41) is 12.2. The van der Waals surface area contributed by atoms with E-state index in [1.54, 1.807) is 0 Å². The monoisotopic (exact) mass is 359 g/mol. The molecule has 1 amide bonds. The lowest BCUT2D eigenvalue weighted by atomic mass is 10.2. The number of hydrogen-bond acceptors (Lipinski definition) is 5. The van der Waals surface area contributed by atoms with Crippen molar-refractivity contribution in [3.8, 4) is 5.69 Å². The molecule has 1 aromatic carbocycles. The molecule has 1 N–H and O–H groups in total. The van der Waals surface area contributed by atoms with Crippen molar-refractivity contribution < 1.29 is 4.79 Å². The van der Waals surface area contributed by atoms with E-state index in [-0.39, 0.29) is 11.2 Å². The van der Waals surface area contributed by atoms with E-state index in [4.69, 9.17) is 0 Å². The molecule has 0 spiro atoms. The molecule has 0 radical (unpaired) electrons. The van der Waals surface area contributed by atoms with Gasteiger partial charge in [-0.3, -0.25) is 9.36 Å². The van der Waals surface area contributed by atoms with Crippen LogP contribution in [0.3, 0.4) is 0 Å². The number of nitrogens with zero attached hydrogens (tertiary/aromatic N) is 4. The van der Waals surface area contributed by atoms with Crippen molar-refractivity contribution in [3.63, 3.8) is 0 Å². The third-order valence-corrected chi connectivity index (χ3v) is 5.34. The summed E-state index contributed by atoms with van der Waals surface area (Å²) >= 11 is 1.45. The number of benzene rings is 1. The topological polar surface area (TPSA) is 63.1 Å². The number of carbonyl (C=O) groups excluding carboxylic acids is 1. The SMILES string of the molecule is CCNC(=O)C(C)Sc1nnc(N2CCCC2)n1-c1ccc(C)cc1. The number of amides is 1. The normalized spacial score (nSPS) is 15.4. The highest BCUT2D eigenvalue weighted by atomic mass is 32.2. The quantitative estimate of drug-likeness (QED) is 0.804. The van der Waals surface area contributed by atoms with E-state index < -0.39 is 0 Å². The van der Waals surface area contributed by atoms with Gasteiger partial charge in [0.15, 0.2) is 5.16 Å². The minimum Gasteiger partial charge on any atom is -0.355 e. The van der Waals surface area contributed by atoms with Gasteiger partial charge in [0, 0.05) is 19.6 Å². The predicted octanol–water partition coefficient (Wildman–Crippen LogP) is 2.79. The van der Waals surface area contributed by atoms with Crippen molar-refractivity contribution in [3.05, 3.63) is 29.8 Å². The first-order valence-electron chi connectivity index (χ1n) is 8.82. The predicted molar refractivity (Wildman–Crippen MR) is 102 cm³/mol. The molecule has 0 aliphatic carbocycles. The molecule has 2 aromatic rings. The Bertz CT molecular complexity index is 722. The summed E-state index contributed by atoms with van der Waals surface area (Å²) in [7, 11) is 0. The lowest BCUT2D eigenvalue weighted by Crippen LogP contribution is -2.30. The fourth-order valence-electron chi connectivity index (χ4n) is 2.91. The molecule has 0 bridgehead atoms. The number of nitrogens with one attached hydrogen (secondary N) is 1. The van der Waals surface area contributed by atoms with Gasteiger partial charge in [-0.05, 0) is 45.7 Å². The highest BCUT2D eigenvalue weighted by Crippen LogP contribution is 2.30. The summed E-state index contributed by atoms with van der Waals surface area (Å²) in [5.41, 5.74) is 2.24. The molecule has 1 aliphatic rings. The molecule has 134 valence electrons. The van der Waals surface area contributed by atoms with Crippen LogP contribution in [0.2, 0.25) is 0 Å². The van der Waals surface area contributed by atoms with Gasteiger partial charge in [0.1, 0.15) is 0 Å². The van der Waals surface area contributed by atoms with Crippen LogP contribution in [0.15, 0.2) is 29.4 Å². The maximum absolute atomic E-state index is 12.1. The summed E-state index contributed by atoms with van der Waals surface area (Å²) in [6.07, 6.45) is 2.36. The summed E-state index contributed by atoms with van der Waals surface area (Å²) < 4.78 is 2.07. The number of aromatic nitrogens is 3. The van der Waals surface area contributed by atoms with Crippen LogP contribution in [0.4, 0.5) is 5.95 Å². The summed E-state index contributed by atoms with van der Waals surface area (Å²) in [5.74, 6) is 0.889. The molecule has 2 heterocycles. The van der Waals surface area contributed by atoms with Crippen LogP contribution in [0.25, 0.3) is 5.69 Å². The highest BCUT2D eigenvalue weighted by Gasteiger charge is 2.25. The molecule has 3 rings (SSSR count). The average molecular weight is 359 g/mol. The molecular weight excluding hydrogens is 334 g/mol. The third-order valence-electron chi connectivity index (χ3n) is 4.30. The van der Waals surface area contributed by atoms with Crippen LogP contribution in [-0.4, -0.2) is 45.6 Å². The molecule has 1 unspecified atom stereocenters. The second-order valence-corrected chi connectivity index (χ2v) is 7.61. The first-order chi connectivity index (χ1) is 12.1. The highest BCUT2D eigenvalue weighted by molar-refractivity contribution is 8.00. The number of rotatable bonds is 6. The third kappa shape index (κ3) is 3.98. The van der Waals surface area contributed by atoms with Gasteiger partial charge in [0.2, 0.25) is 11.9 Å². The van der Waals surface area contributed by atoms with Crippen LogP contribution < -0.4 is 10.2 Å². The zero-order chi connectivity index (χ0) is 17.8. The maximum atomic E-state index is 12.1. The second kappa shape index (κ2) is 7.91. The lowest BCUT2D eigenvalue weighted by molar-refractivity contribution is -0.120. The van der Waals surface area contributed by atoms with E-state index in [0.717, 1.165) is 29.9 Å². The van der Waals surface area contributed by atoms with Gasteiger partial charge in [-0.25, -0.2) is 0 Å². The molecule has 1 aromatic heterocycles. The minimum atomic E-state index is -0.222. The Balaban J connectivity index is 1.94. The first kappa shape index (κ1) is 17.8. The van der Waals surface area contributed by atoms with Crippen molar-refractivity contribution in [2.24, 2.45) is 0 Å². The lowest BCUT2D eigenvalue weighted by Gasteiger charge is -2.19. The van der Waals surface area contributed by atoms with Gasteiger partial charge < -0.3 is 10.2 Å². The van der Waals surface area contributed by atoms with Gasteiger partial charge in [0.25, 0.3) is 0 Å². The number of thioether (sulfide) groups is 1.